The number of rotatable bonds is 5. The number of amides is 1. The average Bonchev–Trinajstić information content (AvgIpc) is 2.96. The van der Waals surface area contributed by atoms with E-state index >= 15 is 0 Å². The van der Waals surface area contributed by atoms with Gasteiger partial charge in [-0.2, -0.15) is 10.2 Å². The average molecular weight is 336 g/mol. The zero-order valence-electron chi connectivity index (χ0n) is 14.2. The summed E-state index contributed by atoms with van der Waals surface area (Å²) in [5.74, 6) is 2.40. The van der Waals surface area contributed by atoms with Crippen molar-refractivity contribution in [2.24, 2.45) is 13.0 Å². The van der Waals surface area contributed by atoms with Crippen LogP contribution in [0.5, 0.6) is 0 Å². The van der Waals surface area contributed by atoms with E-state index in [1.165, 1.54) is 6.42 Å². The van der Waals surface area contributed by atoms with Crippen LogP contribution in [0.4, 0.5) is 17.3 Å². The Bertz CT molecular complexity index is 894. The number of hydrogen-bond acceptors (Lipinski definition) is 4. The number of carbonyl (C=O) groups excluding carboxylic acids is 1. The van der Waals surface area contributed by atoms with Crippen LogP contribution in [-0.4, -0.2) is 25.9 Å². The number of anilines is 3. The first-order chi connectivity index (χ1) is 12.1. The van der Waals surface area contributed by atoms with Gasteiger partial charge in [0.1, 0.15) is 0 Å². The van der Waals surface area contributed by atoms with E-state index in [1.807, 2.05) is 37.5 Å². The smallest absolute Gasteiger partial charge is 0.256 e. The third-order valence-corrected chi connectivity index (χ3v) is 4.48. The minimum absolute atomic E-state index is 0.175. The van der Waals surface area contributed by atoms with E-state index in [-0.39, 0.29) is 5.91 Å². The lowest BCUT2D eigenvalue weighted by molar-refractivity contribution is 0.102. The minimum Gasteiger partial charge on any atom is -0.339 e. The van der Waals surface area contributed by atoms with Gasteiger partial charge in [0, 0.05) is 48.2 Å². The van der Waals surface area contributed by atoms with Gasteiger partial charge in [0.05, 0.1) is 0 Å². The van der Waals surface area contributed by atoms with Gasteiger partial charge in [-0.15, -0.1) is 0 Å². The molecule has 1 saturated carbocycles. The first-order valence-electron chi connectivity index (χ1n) is 8.32. The second-order valence-electron chi connectivity index (χ2n) is 6.56. The van der Waals surface area contributed by atoms with Gasteiger partial charge in [0.2, 0.25) is 0 Å². The summed E-state index contributed by atoms with van der Waals surface area (Å²) >= 11 is 0. The third kappa shape index (κ3) is 3.40. The topological polar surface area (TPSA) is 87.6 Å². The van der Waals surface area contributed by atoms with E-state index in [0.29, 0.717) is 23.2 Å². The molecule has 1 aromatic carbocycles. The molecule has 1 aliphatic carbocycles. The molecule has 7 heteroatoms. The molecule has 0 aliphatic heterocycles. The lowest BCUT2D eigenvalue weighted by atomic mass is 10.2. The number of H-pyrrole nitrogens is 1. The van der Waals surface area contributed by atoms with Crippen molar-refractivity contribution in [2.45, 2.75) is 19.3 Å². The van der Waals surface area contributed by atoms with Gasteiger partial charge in [-0.1, -0.05) is 6.92 Å². The van der Waals surface area contributed by atoms with Crippen LogP contribution < -0.4 is 10.6 Å². The van der Waals surface area contributed by atoms with E-state index in [4.69, 9.17) is 0 Å². The fraction of sp³-hybridized carbons (Fsp3) is 0.278. The highest BCUT2D eigenvalue weighted by molar-refractivity contribution is 6.04. The summed E-state index contributed by atoms with van der Waals surface area (Å²) in [6.07, 6.45) is 3.05. The van der Waals surface area contributed by atoms with Crippen LogP contribution in [0.25, 0.3) is 0 Å². The van der Waals surface area contributed by atoms with Gasteiger partial charge < -0.3 is 10.6 Å². The number of aromatic nitrogens is 4. The Balaban J connectivity index is 1.39. The fourth-order valence-corrected chi connectivity index (χ4v) is 2.87. The maximum atomic E-state index is 12.3. The zero-order chi connectivity index (χ0) is 17.4. The Morgan fingerprint density at radius 2 is 2.00 bits per heavy atom. The van der Waals surface area contributed by atoms with Crippen molar-refractivity contribution in [1.82, 2.24) is 20.0 Å². The first-order valence-corrected chi connectivity index (χ1v) is 8.32. The van der Waals surface area contributed by atoms with E-state index in [1.54, 1.807) is 16.8 Å². The normalized spacial score (nSPS) is 18.8. The highest BCUT2D eigenvalue weighted by Gasteiger charge is 2.35. The maximum Gasteiger partial charge on any atom is 0.256 e. The first kappa shape index (κ1) is 15.4. The summed E-state index contributed by atoms with van der Waals surface area (Å²) in [5.41, 5.74) is 2.55. The van der Waals surface area contributed by atoms with Crippen LogP contribution in [-0.2, 0) is 7.05 Å². The molecule has 2 heterocycles. The van der Waals surface area contributed by atoms with Crippen LogP contribution in [0.1, 0.15) is 35.3 Å². The Morgan fingerprint density at radius 3 is 2.64 bits per heavy atom. The van der Waals surface area contributed by atoms with Crippen molar-refractivity contribution in [3.05, 3.63) is 53.9 Å². The maximum absolute atomic E-state index is 12.3. The second-order valence-corrected chi connectivity index (χ2v) is 6.56. The molecule has 4 rings (SSSR count). The number of carbonyl (C=O) groups is 1. The molecule has 3 N–H and O–H groups in total. The van der Waals surface area contributed by atoms with Crippen LogP contribution in [0.2, 0.25) is 0 Å². The van der Waals surface area contributed by atoms with E-state index < -0.39 is 0 Å². The Morgan fingerprint density at radius 1 is 1.24 bits per heavy atom. The molecule has 0 saturated heterocycles. The molecule has 3 aromatic rings. The van der Waals surface area contributed by atoms with Crippen LogP contribution in [0.15, 0.2) is 42.6 Å². The van der Waals surface area contributed by atoms with E-state index in [2.05, 4.69) is 32.9 Å². The van der Waals surface area contributed by atoms with E-state index in [9.17, 15) is 4.79 Å². The van der Waals surface area contributed by atoms with Gasteiger partial charge >= 0.3 is 0 Å². The molecule has 1 amide bonds. The van der Waals surface area contributed by atoms with Crippen LogP contribution in [0, 0.1) is 5.92 Å². The molecule has 0 spiro atoms. The summed E-state index contributed by atoms with van der Waals surface area (Å²) < 4.78 is 1.73. The highest BCUT2D eigenvalue weighted by Crippen LogP contribution is 2.46. The summed E-state index contributed by atoms with van der Waals surface area (Å²) in [4.78, 5) is 12.3. The molecule has 2 atom stereocenters. The third-order valence-electron chi connectivity index (χ3n) is 4.48. The van der Waals surface area contributed by atoms with Crippen molar-refractivity contribution >= 4 is 23.2 Å². The predicted octanol–water partition coefficient (Wildman–Crippen LogP) is 3.26. The van der Waals surface area contributed by atoms with Crippen molar-refractivity contribution in [3.8, 4) is 0 Å². The Hall–Kier alpha value is -3.09. The Kier molecular flexibility index (Phi) is 3.76. The number of aromatic amines is 1. The summed E-state index contributed by atoms with van der Waals surface area (Å²) in [5, 5.41) is 17.5. The van der Waals surface area contributed by atoms with Crippen molar-refractivity contribution < 1.29 is 4.79 Å². The molecule has 1 aliphatic rings. The van der Waals surface area contributed by atoms with Crippen molar-refractivity contribution in [1.29, 1.82) is 0 Å². The molecule has 25 heavy (non-hydrogen) atoms. The molecule has 7 nitrogen and oxygen atoms in total. The van der Waals surface area contributed by atoms with E-state index in [0.717, 1.165) is 17.2 Å². The van der Waals surface area contributed by atoms with Crippen molar-refractivity contribution in [2.75, 3.05) is 10.6 Å². The molecule has 1 fully saturated rings. The Labute approximate surface area is 145 Å². The molecule has 2 unspecified atom stereocenters. The number of aryl methyl sites for hydroxylation is 1. The highest BCUT2D eigenvalue weighted by atomic mass is 16.1. The molecule has 2 aromatic heterocycles. The molecular weight excluding hydrogens is 316 g/mol. The number of hydrogen-bond donors (Lipinski definition) is 3. The SMILES string of the molecule is CC1CC1c1cc(NC(=O)c2ccc(Nc3ccn(C)n3)cc2)n[nH]1. The van der Waals surface area contributed by atoms with Gasteiger partial charge in [-0.25, -0.2) is 0 Å². The summed E-state index contributed by atoms with van der Waals surface area (Å²) in [7, 11) is 1.86. The minimum atomic E-state index is -0.175. The molecular formula is C18H20N6O. The molecule has 0 bridgehead atoms. The number of benzene rings is 1. The summed E-state index contributed by atoms with van der Waals surface area (Å²) in [6, 6.07) is 11.1. The molecule has 0 radical (unpaired) electrons. The molecule has 128 valence electrons. The largest absolute Gasteiger partial charge is 0.339 e. The van der Waals surface area contributed by atoms with Crippen molar-refractivity contribution in [3.63, 3.8) is 0 Å². The lowest BCUT2D eigenvalue weighted by Gasteiger charge is -2.05. The number of nitrogens with one attached hydrogen (secondary N) is 3. The predicted molar refractivity (Wildman–Crippen MR) is 96.0 cm³/mol. The van der Waals surface area contributed by atoms with Gasteiger partial charge in [-0.3, -0.25) is 14.6 Å². The number of nitrogens with zero attached hydrogens (tertiary/aromatic N) is 3. The fourth-order valence-electron chi connectivity index (χ4n) is 2.87. The second kappa shape index (κ2) is 6.08. The van der Waals surface area contributed by atoms with Gasteiger partial charge in [0.25, 0.3) is 5.91 Å². The summed E-state index contributed by atoms with van der Waals surface area (Å²) in [6.45, 7) is 2.21. The van der Waals surface area contributed by atoms with Crippen LogP contribution in [0.3, 0.4) is 0 Å². The quantitative estimate of drug-likeness (QED) is 0.667. The van der Waals surface area contributed by atoms with Gasteiger partial charge in [0.15, 0.2) is 11.6 Å². The lowest BCUT2D eigenvalue weighted by Crippen LogP contribution is -2.12. The standard InChI is InChI=1S/C18H20N6O/c1-11-9-14(11)15-10-17(22-21-15)20-18(25)12-3-5-13(6-4-12)19-16-7-8-24(2)23-16/h3-8,10-11,14H,9H2,1-2H3,(H,19,23)(H2,20,21,22,25). The zero-order valence-corrected chi connectivity index (χ0v) is 14.2. The van der Waals surface area contributed by atoms with Crippen LogP contribution >= 0.6 is 0 Å². The monoisotopic (exact) mass is 336 g/mol. The van der Waals surface area contributed by atoms with Gasteiger partial charge in [-0.05, 0) is 36.6 Å².